The molecule has 9 heteroatoms. The van der Waals surface area contributed by atoms with Crippen LogP contribution in [0.1, 0.15) is 10.4 Å². The number of nitrogens with one attached hydrogen (secondary N) is 1. The number of benzene rings is 2. The Balaban J connectivity index is 2.53. The number of carbonyl (C=O) groups excluding carboxylic acids is 1. The van der Waals surface area contributed by atoms with Crippen LogP contribution in [0.5, 0.6) is 5.75 Å². The van der Waals surface area contributed by atoms with Crippen LogP contribution in [-0.4, -0.2) is 21.4 Å². The van der Waals surface area contributed by atoms with E-state index < -0.39 is 15.9 Å². The van der Waals surface area contributed by atoms with Gasteiger partial charge in [-0.3, -0.25) is 9.52 Å². The van der Waals surface area contributed by atoms with E-state index in [4.69, 9.17) is 33.7 Å². The molecule has 0 aliphatic rings. The van der Waals surface area contributed by atoms with Gasteiger partial charge in [0.05, 0.1) is 22.8 Å². The number of carbonyl (C=O) groups is 1. The van der Waals surface area contributed by atoms with E-state index in [1.165, 1.54) is 43.5 Å². The normalized spacial score (nSPS) is 11.1. The van der Waals surface area contributed by atoms with Gasteiger partial charge in [-0.2, -0.15) is 0 Å². The molecule has 122 valence electrons. The zero-order valence-corrected chi connectivity index (χ0v) is 14.2. The molecule has 0 unspecified atom stereocenters. The fraction of sp³-hybridized carbons (Fsp3) is 0.0714. The van der Waals surface area contributed by atoms with E-state index in [0.29, 0.717) is 0 Å². The number of amides is 1. The van der Waals surface area contributed by atoms with Crippen molar-refractivity contribution in [3.05, 3.63) is 52.0 Å². The van der Waals surface area contributed by atoms with Gasteiger partial charge in [-0.15, -0.1) is 0 Å². The maximum atomic E-state index is 12.5. The molecule has 2 aromatic carbocycles. The van der Waals surface area contributed by atoms with Crippen LogP contribution in [0.4, 0.5) is 5.69 Å². The number of hydrogen-bond acceptors (Lipinski definition) is 4. The van der Waals surface area contributed by atoms with E-state index >= 15 is 0 Å². The Bertz CT molecular complexity index is 849. The van der Waals surface area contributed by atoms with Gasteiger partial charge in [0, 0.05) is 5.56 Å². The largest absolute Gasteiger partial charge is 0.495 e. The number of primary amides is 1. The van der Waals surface area contributed by atoms with Crippen LogP contribution in [0.25, 0.3) is 0 Å². The van der Waals surface area contributed by atoms with Crippen molar-refractivity contribution in [1.82, 2.24) is 0 Å². The Morgan fingerprint density at radius 3 is 2.30 bits per heavy atom. The maximum absolute atomic E-state index is 12.5. The first-order valence-electron chi connectivity index (χ1n) is 6.21. The third-order valence-electron chi connectivity index (χ3n) is 2.92. The highest BCUT2D eigenvalue weighted by molar-refractivity contribution is 7.93. The monoisotopic (exact) mass is 374 g/mol. The lowest BCUT2D eigenvalue weighted by Gasteiger charge is -2.14. The molecule has 3 N–H and O–H groups in total. The summed E-state index contributed by atoms with van der Waals surface area (Å²) in [7, 11) is -2.74. The molecule has 6 nitrogen and oxygen atoms in total. The zero-order chi connectivity index (χ0) is 17.2. The fourth-order valence-corrected chi connectivity index (χ4v) is 4.08. The Morgan fingerprint density at radius 2 is 1.78 bits per heavy atom. The Hall–Kier alpha value is -1.96. The SMILES string of the molecule is COc1ccc(C(N)=O)cc1NS(=O)(=O)c1c(Cl)cccc1Cl. The van der Waals surface area contributed by atoms with Crippen LogP contribution >= 0.6 is 23.2 Å². The molecule has 0 saturated heterocycles. The second-order valence-electron chi connectivity index (χ2n) is 4.44. The van der Waals surface area contributed by atoms with Crippen molar-refractivity contribution in [2.24, 2.45) is 5.73 Å². The van der Waals surface area contributed by atoms with E-state index in [-0.39, 0.29) is 31.9 Å². The Labute approximate surface area is 143 Å². The second kappa shape index (κ2) is 6.66. The Kier molecular flexibility index (Phi) is 5.03. The molecule has 2 rings (SSSR count). The smallest absolute Gasteiger partial charge is 0.264 e. The van der Waals surface area contributed by atoms with Gasteiger partial charge in [0.25, 0.3) is 10.0 Å². The van der Waals surface area contributed by atoms with E-state index in [0.717, 1.165) is 0 Å². The molecule has 0 heterocycles. The lowest BCUT2D eigenvalue weighted by Crippen LogP contribution is -2.16. The molecule has 0 fully saturated rings. The molecular formula is C14H12Cl2N2O4S. The van der Waals surface area contributed by atoms with Gasteiger partial charge in [-0.25, -0.2) is 8.42 Å². The number of sulfonamides is 1. The summed E-state index contributed by atoms with van der Waals surface area (Å²) >= 11 is 11.9. The molecule has 0 bridgehead atoms. The van der Waals surface area contributed by atoms with Gasteiger partial charge in [0.1, 0.15) is 10.6 Å². The van der Waals surface area contributed by atoms with Crippen molar-refractivity contribution >= 4 is 44.8 Å². The lowest BCUT2D eigenvalue weighted by molar-refractivity contribution is 0.100. The molecule has 0 atom stereocenters. The minimum absolute atomic E-state index is 0.0324. The third kappa shape index (κ3) is 3.69. The van der Waals surface area contributed by atoms with Crippen LogP contribution in [0.3, 0.4) is 0 Å². The predicted molar refractivity (Wildman–Crippen MR) is 88.8 cm³/mol. The van der Waals surface area contributed by atoms with E-state index in [1.807, 2.05) is 0 Å². The van der Waals surface area contributed by atoms with Gasteiger partial charge < -0.3 is 10.5 Å². The van der Waals surface area contributed by atoms with Crippen molar-refractivity contribution in [3.8, 4) is 5.75 Å². The van der Waals surface area contributed by atoms with E-state index in [1.54, 1.807) is 0 Å². The first-order chi connectivity index (χ1) is 10.8. The number of nitrogens with two attached hydrogens (primary N) is 1. The third-order valence-corrected chi connectivity index (χ3v) is 5.24. The first-order valence-corrected chi connectivity index (χ1v) is 8.45. The highest BCUT2D eigenvalue weighted by Crippen LogP contribution is 2.33. The zero-order valence-electron chi connectivity index (χ0n) is 11.8. The fourth-order valence-electron chi connectivity index (χ4n) is 1.88. The lowest BCUT2D eigenvalue weighted by atomic mass is 10.2. The summed E-state index contributed by atoms with van der Waals surface area (Å²) in [4.78, 5) is 11.0. The quantitative estimate of drug-likeness (QED) is 0.840. The van der Waals surface area contributed by atoms with E-state index in [9.17, 15) is 13.2 Å². The molecule has 0 aliphatic heterocycles. The standard InChI is InChI=1S/C14H12Cl2N2O4S/c1-22-12-6-5-8(14(17)19)7-11(12)18-23(20,21)13-9(15)3-2-4-10(13)16/h2-7,18H,1H3,(H2,17,19). The van der Waals surface area contributed by atoms with Crippen LogP contribution < -0.4 is 15.2 Å². The molecule has 23 heavy (non-hydrogen) atoms. The molecule has 2 aromatic rings. The Morgan fingerprint density at radius 1 is 1.17 bits per heavy atom. The minimum atomic E-state index is -4.10. The summed E-state index contributed by atoms with van der Waals surface area (Å²) in [5.41, 5.74) is 5.36. The summed E-state index contributed by atoms with van der Waals surface area (Å²) in [6.07, 6.45) is 0. The van der Waals surface area contributed by atoms with Crippen LogP contribution in [0.15, 0.2) is 41.3 Å². The summed E-state index contributed by atoms with van der Waals surface area (Å²) in [6.45, 7) is 0. The van der Waals surface area contributed by atoms with Crippen LogP contribution in [-0.2, 0) is 10.0 Å². The maximum Gasteiger partial charge on any atom is 0.264 e. The molecule has 0 aliphatic carbocycles. The van der Waals surface area contributed by atoms with Crippen molar-refractivity contribution in [2.75, 3.05) is 11.8 Å². The van der Waals surface area contributed by atoms with Gasteiger partial charge >= 0.3 is 0 Å². The number of methoxy groups -OCH3 is 1. The van der Waals surface area contributed by atoms with E-state index in [2.05, 4.69) is 4.72 Å². The summed E-state index contributed by atoms with van der Waals surface area (Å²) in [5.74, 6) is -0.495. The number of rotatable bonds is 5. The highest BCUT2D eigenvalue weighted by Gasteiger charge is 2.23. The molecule has 0 aromatic heterocycles. The highest BCUT2D eigenvalue weighted by atomic mass is 35.5. The number of ether oxygens (including phenoxy) is 1. The topological polar surface area (TPSA) is 98.5 Å². The summed E-state index contributed by atoms with van der Waals surface area (Å²) in [6, 6.07) is 8.44. The summed E-state index contributed by atoms with van der Waals surface area (Å²) < 4.78 is 32.5. The van der Waals surface area contributed by atoms with Crippen molar-refractivity contribution in [1.29, 1.82) is 0 Å². The number of halogens is 2. The van der Waals surface area contributed by atoms with Crippen molar-refractivity contribution < 1.29 is 17.9 Å². The van der Waals surface area contributed by atoms with Crippen LogP contribution in [0, 0.1) is 0 Å². The average Bonchev–Trinajstić information content (AvgIpc) is 2.46. The number of hydrogen-bond donors (Lipinski definition) is 2. The molecule has 0 saturated carbocycles. The first kappa shape index (κ1) is 17.4. The van der Waals surface area contributed by atoms with Crippen molar-refractivity contribution in [2.45, 2.75) is 4.90 Å². The van der Waals surface area contributed by atoms with Crippen LogP contribution in [0.2, 0.25) is 10.0 Å². The molecule has 1 amide bonds. The van der Waals surface area contributed by atoms with Gasteiger partial charge in [0.15, 0.2) is 0 Å². The van der Waals surface area contributed by atoms with Gasteiger partial charge in [-0.1, -0.05) is 29.3 Å². The van der Waals surface area contributed by atoms with Gasteiger partial charge in [-0.05, 0) is 30.3 Å². The molecule has 0 spiro atoms. The van der Waals surface area contributed by atoms with Gasteiger partial charge in [0.2, 0.25) is 5.91 Å². The molecule has 0 radical (unpaired) electrons. The summed E-state index contributed by atoms with van der Waals surface area (Å²) in [5, 5.41) is -0.0648. The molecular weight excluding hydrogens is 363 g/mol. The van der Waals surface area contributed by atoms with Crippen molar-refractivity contribution in [3.63, 3.8) is 0 Å². The minimum Gasteiger partial charge on any atom is -0.495 e. The average molecular weight is 375 g/mol. The second-order valence-corrected chi connectivity index (χ2v) is 6.87. The predicted octanol–water partition coefficient (Wildman–Crippen LogP) is 2.90. The number of anilines is 1.